The van der Waals surface area contributed by atoms with Gasteiger partial charge in [-0.3, -0.25) is 4.79 Å². The highest BCUT2D eigenvalue weighted by atomic mass is 35.5. The average Bonchev–Trinajstić information content (AvgIpc) is 2.96. The van der Waals surface area contributed by atoms with Crippen molar-refractivity contribution in [3.8, 4) is 0 Å². The number of carbonyl (C=O) groups is 1. The van der Waals surface area contributed by atoms with E-state index in [-0.39, 0.29) is 5.78 Å². The molecule has 2 heterocycles. The standard InChI is InChI=1S/C13H8ClNO2/c14-9-3-4-11-8(6-9)7-12(17-11)13(16)10-2-1-5-15-10/h1-7,15H. The van der Waals surface area contributed by atoms with Gasteiger partial charge in [0.1, 0.15) is 5.58 Å². The second kappa shape index (κ2) is 3.79. The van der Waals surface area contributed by atoms with Crippen molar-refractivity contribution < 1.29 is 9.21 Å². The lowest BCUT2D eigenvalue weighted by Gasteiger charge is -1.91. The summed E-state index contributed by atoms with van der Waals surface area (Å²) in [6.45, 7) is 0. The van der Waals surface area contributed by atoms with Crippen molar-refractivity contribution in [3.05, 3.63) is 59.1 Å². The Morgan fingerprint density at radius 1 is 1.24 bits per heavy atom. The van der Waals surface area contributed by atoms with Crippen LogP contribution in [0.4, 0.5) is 0 Å². The molecule has 17 heavy (non-hydrogen) atoms. The van der Waals surface area contributed by atoms with Crippen molar-refractivity contribution in [2.45, 2.75) is 0 Å². The van der Waals surface area contributed by atoms with Crippen LogP contribution < -0.4 is 0 Å². The Kier molecular flexibility index (Phi) is 2.27. The van der Waals surface area contributed by atoms with E-state index in [0.29, 0.717) is 22.1 Å². The minimum atomic E-state index is -0.165. The molecule has 0 saturated carbocycles. The molecule has 84 valence electrons. The summed E-state index contributed by atoms with van der Waals surface area (Å²) < 4.78 is 5.48. The summed E-state index contributed by atoms with van der Waals surface area (Å²) in [5, 5.41) is 1.45. The van der Waals surface area contributed by atoms with Gasteiger partial charge in [0, 0.05) is 16.6 Å². The Morgan fingerprint density at radius 2 is 2.12 bits per heavy atom. The summed E-state index contributed by atoms with van der Waals surface area (Å²) in [6.07, 6.45) is 1.70. The van der Waals surface area contributed by atoms with Crippen molar-refractivity contribution in [3.63, 3.8) is 0 Å². The number of benzene rings is 1. The zero-order valence-electron chi connectivity index (χ0n) is 8.74. The molecule has 0 spiro atoms. The van der Waals surface area contributed by atoms with Gasteiger partial charge in [0.25, 0.3) is 0 Å². The molecule has 0 saturated heterocycles. The fourth-order valence-corrected chi connectivity index (χ4v) is 1.91. The SMILES string of the molecule is O=C(c1ccc[nH]1)c1cc2cc(Cl)ccc2o1. The van der Waals surface area contributed by atoms with Crippen LogP contribution in [0, 0.1) is 0 Å². The Hall–Kier alpha value is -2.00. The lowest BCUT2D eigenvalue weighted by molar-refractivity contribution is 0.101. The average molecular weight is 246 g/mol. The van der Waals surface area contributed by atoms with E-state index in [1.807, 2.05) is 0 Å². The molecule has 4 heteroatoms. The number of H-pyrrole nitrogens is 1. The molecule has 0 aliphatic rings. The number of ketones is 1. The van der Waals surface area contributed by atoms with E-state index in [2.05, 4.69) is 4.98 Å². The molecule has 3 rings (SSSR count). The van der Waals surface area contributed by atoms with E-state index in [1.54, 1.807) is 42.6 Å². The van der Waals surface area contributed by atoms with Crippen LogP contribution in [0.3, 0.4) is 0 Å². The van der Waals surface area contributed by atoms with Crippen LogP contribution in [-0.4, -0.2) is 10.8 Å². The van der Waals surface area contributed by atoms with Crippen LogP contribution in [-0.2, 0) is 0 Å². The zero-order chi connectivity index (χ0) is 11.8. The molecule has 3 nitrogen and oxygen atoms in total. The first-order valence-electron chi connectivity index (χ1n) is 5.11. The molecule has 0 fully saturated rings. The van der Waals surface area contributed by atoms with Crippen molar-refractivity contribution in [2.75, 3.05) is 0 Å². The second-order valence-electron chi connectivity index (χ2n) is 3.71. The Balaban J connectivity index is 2.09. The minimum absolute atomic E-state index is 0.165. The van der Waals surface area contributed by atoms with Crippen molar-refractivity contribution in [1.82, 2.24) is 4.98 Å². The number of fused-ring (bicyclic) bond motifs is 1. The van der Waals surface area contributed by atoms with Crippen LogP contribution in [0.1, 0.15) is 16.2 Å². The van der Waals surface area contributed by atoms with Gasteiger partial charge in [-0.05, 0) is 36.4 Å². The third-order valence-corrected chi connectivity index (χ3v) is 2.78. The minimum Gasteiger partial charge on any atom is -0.453 e. The maximum absolute atomic E-state index is 12.0. The molecule has 1 aromatic carbocycles. The van der Waals surface area contributed by atoms with E-state index in [9.17, 15) is 4.79 Å². The number of halogens is 1. The molecule has 0 aliphatic heterocycles. The van der Waals surface area contributed by atoms with E-state index in [1.165, 1.54) is 0 Å². The van der Waals surface area contributed by atoms with Crippen molar-refractivity contribution >= 4 is 28.4 Å². The van der Waals surface area contributed by atoms with Gasteiger partial charge in [-0.2, -0.15) is 0 Å². The third kappa shape index (κ3) is 1.74. The number of hydrogen-bond donors (Lipinski definition) is 1. The second-order valence-corrected chi connectivity index (χ2v) is 4.14. The molecular formula is C13H8ClNO2. The monoisotopic (exact) mass is 245 g/mol. The van der Waals surface area contributed by atoms with E-state index < -0.39 is 0 Å². The largest absolute Gasteiger partial charge is 0.453 e. The lowest BCUT2D eigenvalue weighted by Crippen LogP contribution is -1.98. The van der Waals surface area contributed by atoms with Gasteiger partial charge in [-0.15, -0.1) is 0 Å². The van der Waals surface area contributed by atoms with Gasteiger partial charge in [0.15, 0.2) is 5.76 Å². The smallest absolute Gasteiger partial charge is 0.244 e. The lowest BCUT2D eigenvalue weighted by atomic mass is 10.2. The molecule has 3 aromatic rings. The number of nitrogens with one attached hydrogen (secondary N) is 1. The number of hydrogen-bond acceptors (Lipinski definition) is 2. The number of rotatable bonds is 2. The maximum atomic E-state index is 12.0. The predicted octanol–water partition coefficient (Wildman–Crippen LogP) is 3.65. The maximum Gasteiger partial charge on any atom is 0.244 e. The summed E-state index contributed by atoms with van der Waals surface area (Å²) in [7, 11) is 0. The molecular weight excluding hydrogens is 238 g/mol. The van der Waals surface area contributed by atoms with Gasteiger partial charge < -0.3 is 9.40 Å². The number of furan rings is 1. The molecule has 0 aliphatic carbocycles. The summed E-state index contributed by atoms with van der Waals surface area (Å²) in [4.78, 5) is 14.9. The third-order valence-electron chi connectivity index (χ3n) is 2.54. The number of aromatic amines is 1. The van der Waals surface area contributed by atoms with Crippen LogP contribution in [0.15, 0.2) is 47.0 Å². The number of aromatic nitrogens is 1. The molecule has 0 radical (unpaired) electrons. The Labute approximate surface area is 102 Å². The molecule has 1 N–H and O–H groups in total. The Bertz CT molecular complexity index is 683. The summed E-state index contributed by atoms with van der Waals surface area (Å²) >= 11 is 5.87. The van der Waals surface area contributed by atoms with Gasteiger partial charge in [0.05, 0.1) is 5.69 Å². The van der Waals surface area contributed by atoms with Crippen LogP contribution in [0.2, 0.25) is 5.02 Å². The highest BCUT2D eigenvalue weighted by Gasteiger charge is 2.15. The van der Waals surface area contributed by atoms with Crippen LogP contribution in [0.5, 0.6) is 0 Å². The first-order valence-corrected chi connectivity index (χ1v) is 5.49. The van der Waals surface area contributed by atoms with Gasteiger partial charge >= 0.3 is 0 Å². The van der Waals surface area contributed by atoms with Crippen molar-refractivity contribution in [2.24, 2.45) is 0 Å². The van der Waals surface area contributed by atoms with Crippen LogP contribution >= 0.6 is 11.6 Å². The summed E-state index contributed by atoms with van der Waals surface area (Å²) in [5.74, 6) is 0.145. The van der Waals surface area contributed by atoms with E-state index in [4.69, 9.17) is 16.0 Å². The van der Waals surface area contributed by atoms with E-state index >= 15 is 0 Å². The van der Waals surface area contributed by atoms with E-state index in [0.717, 1.165) is 5.39 Å². The molecule has 2 aromatic heterocycles. The van der Waals surface area contributed by atoms with Crippen molar-refractivity contribution in [1.29, 1.82) is 0 Å². The first kappa shape index (κ1) is 10.2. The van der Waals surface area contributed by atoms with Gasteiger partial charge in [0.2, 0.25) is 5.78 Å². The van der Waals surface area contributed by atoms with Gasteiger partial charge in [-0.1, -0.05) is 11.6 Å². The first-order chi connectivity index (χ1) is 8.24. The summed E-state index contributed by atoms with van der Waals surface area (Å²) in [5.41, 5.74) is 1.17. The molecule has 0 amide bonds. The highest BCUT2D eigenvalue weighted by Crippen LogP contribution is 2.24. The number of carbonyl (C=O) groups excluding carboxylic acids is 1. The zero-order valence-corrected chi connectivity index (χ0v) is 9.49. The van der Waals surface area contributed by atoms with Gasteiger partial charge in [-0.25, -0.2) is 0 Å². The molecule has 0 atom stereocenters. The fraction of sp³-hybridized carbons (Fsp3) is 0. The normalized spacial score (nSPS) is 10.9. The predicted molar refractivity (Wildman–Crippen MR) is 65.4 cm³/mol. The fourth-order valence-electron chi connectivity index (χ4n) is 1.73. The topological polar surface area (TPSA) is 46.0 Å². The molecule has 0 unspecified atom stereocenters. The highest BCUT2D eigenvalue weighted by molar-refractivity contribution is 6.31. The molecule has 0 bridgehead atoms. The quantitative estimate of drug-likeness (QED) is 0.701. The summed E-state index contributed by atoms with van der Waals surface area (Å²) in [6, 6.07) is 10.4. The Morgan fingerprint density at radius 3 is 2.88 bits per heavy atom. The van der Waals surface area contributed by atoms with Crippen LogP contribution in [0.25, 0.3) is 11.0 Å².